The summed E-state index contributed by atoms with van der Waals surface area (Å²) in [4.78, 5) is 27.2. The third kappa shape index (κ3) is 4.32. The zero-order chi connectivity index (χ0) is 24.5. The Labute approximate surface area is 197 Å². The molecule has 3 aromatic rings. The monoisotopic (exact) mass is 482 g/mol. The highest BCUT2D eigenvalue weighted by molar-refractivity contribution is 7.89. The van der Waals surface area contributed by atoms with E-state index in [9.17, 15) is 22.4 Å². The number of sulfonamides is 1. The van der Waals surface area contributed by atoms with Gasteiger partial charge in [0, 0.05) is 6.04 Å². The third-order valence-corrected chi connectivity index (χ3v) is 7.81. The van der Waals surface area contributed by atoms with Gasteiger partial charge >= 0.3 is 0 Å². The topological polar surface area (TPSA) is 84.0 Å². The number of ether oxygens (including phenoxy) is 1. The minimum atomic E-state index is -4.27. The summed E-state index contributed by atoms with van der Waals surface area (Å²) in [5.41, 5.74) is 0.973. The van der Waals surface area contributed by atoms with Crippen molar-refractivity contribution >= 4 is 27.5 Å². The standard InChI is InChI=1S/C25H23FN2O5S/c1-17(18-6-4-3-5-7-18)28(34(31,32)22-14-8-19(26)9-15-22)23-16-24(29)27(25(23)30)20-10-12-21(33-2)13-11-20/h3-15,17,23H,16H2,1-2H3. The van der Waals surface area contributed by atoms with E-state index >= 15 is 0 Å². The van der Waals surface area contributed by atoms with E-state index < -0.39 is 39.7 Å². The summed E-state index contributed by atoms with van der Waals surface area (Å²) in [6.45, 7) is 1.66. The smallest absolute Gasteiger partial charge is 0.252 e. The summed E-state index contributed by atoms with van der Waals surface area (Å²) in [5, 5.41) is 0. The van der Waals surface area contributed by atoms with Crippen LogP contribution in [-0.4, -0.2) is 37.7 Å². The summed E-state index contributed by atoms with van der Waals surface area (Å²) in [5.74, 6) is -1.19. The Hall–Kier alpha value is -3.56. The maximum Gasteiger partial charge on any atom is 0.252 e. The molecular weight excluding hydrogens is 459 g/mol. The molecule has 7 nitrogen and oxygen atoms in total. The van der Waals surface area contributed by atoms with Crippen LogP contribution in [0.15, 0.2) is 83.8 Å². The fourth-order valence-corrected chi connectivity index (χ4v) is 5.83. The number of imide groups is 1. The Balaban J connectivity index is 1.77. The lowest BCUT2D eigenvalue weighted by atomic mass is 10.1. The number of hydrogen-bond acceptors (Lipinski definition) is 5. The van der Waals surface area contributed by atoms with Gasteiger partial charge in [0.25, 0.3) is 5.91 Å². The average molecular weight is 483 g/mol. The SMILES string of the molecule is COc1ccc(N2C(=O)CC(N(C(C)c3ccccc3)S(=O)(=O)c3ccc(F)cc3)C2=O)cc1. The Bertz CT molecular complexity index is 1300. The van der Waals surface area contributed by atoms with Crippen LogP contribution in [0.25, 0.3) is 0 Å². The Morgan fingerprint density at radius 3 is 2.18 bits per heavy atom. The van der Waals surface area contributed by atoms with Gasteiger partial charge in [0.15, 0.2) is 0 Å². The summed E-state index contributed by atoms with van der Waals surface area (Å²) < 4.78 is 47.1. The third-order valence-electron chi connectivity index (χ3n) is 5.81. The van der Waals surface area contributed by atoms with Crippen molar-refractivity contribution in [2.45, 2.75) is 30.3 Å². The first-order valence-corrected chi connectivity index (χ1v) is 12.0. The van der Waals surface area contributed by atoms with E-state index in [0.717, 1.165) is 33.5 Å². The van der Waals surface area contributed by atoms with E-state index in [4.69, 9.17) is 4.74 Å². The van der Waals surface area contributed by atoms with E-state index in [1.54, 1.807) is 61.5 Å². The quantitative estimate of drug-likeness (QED) is 0.477. The maximum absolute atomic E-state index is 13.7. The Morgan fingerprint density at radius 1 is 0.971 bits per heavy atom. The molecule has 176 valence electrons. The van der Waals surface area contributed by atoms with Crippen molar-refractivity contribution in [1.82, 2.24) is 4.31 Å². The van der Waals surface area contributed by atoms with Gasteiger partial charge in [-0.05, 0) is 61.0 Å². The van der Waals surface area contributed by atoms with Crippen LogP contribution < -0.4 is 9.64 Å². The predicted molar refractivity (Wildman–Crippen MR) is 124 cm³/mol. The molecule has 2 atom stereocenters. The van der Waals surface area contributed by atoms with Crippen LogP contribution in [0.1, 0.15) is 24.9 Å². The second-order valence-corrected chi connectivity index (χ2v) is 9.70. The zero-order valence-electron chi connectivity index (χ0n) is 18.6. The molecule has 1 saturated heterocycles. The minimum Gasteiger partial charge on any atom is -0.497 e. The Kier molecular flexibility index (Phi) is 6.49. The zero-order valence-corrected chi connectivity index (χ0v) is 19.4. The van der Waals surface area contributed by atoms with Crippen molar-refractivity contribution in [3.8, 4) is 5.75 Å². The number of amides is 2. The first kappa shape index (κ1) is 23.6. The molecule has 1 heterocycles. The number of rotatable bonds is 7. The molecule has 2 amide bonds. The fraction of sp³-hybridized carbons (Fsp3) is 0.200. The van der Waals surface area contributed by atoms with Crippen LogP contribution in [-0.2, 0) is 19.6 Å². The van der Waals surface area contributed by atoms with Crippen LogP contribution in [0, 0.1) is 5.82 Å². The van der Waals surface area contributed by atoms with Crippen LogP contribution in [0.3, 0.4) is 0 Å². The molecule has 0 radical (unpaired) electrons. The molecule has 1 aliphatic rings. The molecule has 0 aromatic heterocycles. The van der Waals surface area contributed by atoms with Crippen LogP contribution >= 0.6 is 0 Å². The summed E-state index contributed by atoms with van der Waals surface area (Å²) >= 11 is 0. The molecule has 0 N–H and O–H groups in total. The van der Waals surface area contributed by atoms with Gasteiger partial charge in [-0.3, -0.25) is 9.59 Å². The van der Waals surface area contributed by atoms with Crippen molar-refractivity contribution in [3.05, 3.63) is 90.2 Å². The van der Waals surface area contributed by atoms with Gasteiger partial charge in [-0.25, -0.2) is 17.7 Å². The minimum absolute atomic E-state index is 0.167. The number of carbonyl (C=O) groups excluding carboxylic acids is 2. The van der Waals surface area contributed by atoms with Gasteiger partial charge in [-0.2, -0.15) is 4.31 Å². The summed E-state index contributed by atoms with van der Waals surface area (Å²) in [7, 11) is -2.77. The molecule has 0 saturated carbocycles. The van der Waals surface area contributed by atoms with E-state index in [1.807, 2.05) is 0 Å². The summed E-state index contributed by atoms with van der Waals surface area (Å²) in [6, 6.07) is 17.5. The van der Waals surface area contributed by atoms with Crippen molar-refractivity contribution in [2.75, 3.05) is 12.0 Å². The van der Waals surface area contributed by atoms with Crippen LogP contribution in [0.4, 0.5) is 10.1 Å². The van der Waals surface area contributed by atoms with Gasteiger partial charge in [0.05, 0.1) is 24.1 Å². The molecule has 3 aromatic carbocycles. The van der Waals surface area contributed by atoms with Gasteiger partial charge in [0.2, 0.25) is 15.9 Å². The number of halogens is 1. The first-order chi connectivity index (χ1) is 16.2. The highest BCUT2D eigenvalue weighted by atomic mass is 32.2. The number of anilines is 1. The Morgan fingerprint density at radius 2 is 1.59 bits per heavy atom. The molecule has 0 bridgehead atoms. The van der Waals surface area contributed by atoms with Crippen LogP contribution in [0.5, 0.6) is 5.75 Å². The van der Waals surface area contributed by atoms with E-state index in [1.165, 1.54) is 7.11 Å². The fourth-order valence-electron chi connectivity index (χ4n) is 4.07. The molecule has 34 heavy (non-hydrogen) atoms. The van der Waals surface area contributed by atoms with E-state index in [-0.39, 0.29) is 11.3 Å². The second-order valence-electron chi connectivity index (χ2n) is 7.86. The molecule has 1 aliphatic heterocycles. The summed E-state index contributed by atoms with van der Waals surface area (Å²) in [6.07, 6.45) is -0.317. The van der Waals surface area contributed by atoms with E-state index in [2.05, 4.69) is 0 Å². The van der Waals surface area contributed by atoms with Crippen molar-refractivity contribution < 1.29 is 27.1 Å². The van der Waals surface area contributed by atoms with Gasteiger partial charge < -0.3 is 4.74 Å². The molecule has 9 heteroatoms. The number of hydrogen-bond donors (Lipinski definition) is 0. The number of carbonyl (C=O) groups is 2. The molecular formula is C25H23FN2O5S. The predicted octanol–water partition coefficient (Wildman–Crippen LogP) is 3.92. The lowest BCUT2D eigenvalue weighted by molar-refractivity contribution is -0.122. The van der Waals surface area contributed by atoms with Gasteiger partial charge in [-0.1, -0.05) is 30.3 Å². The number of nitrogens with zero attached hydrogens (tertiary/aromatic N) is 2. The molecule has 1 fully saturated rings. The largest absolute Gasteiger partial charge is 0.497 e. The van der Waals surface area contributed by atoms with Gasteiger partial charge in [-0.15, -0.1) is 0 Å². The van der Waals surface area contributed by atoms with Crippen molar-refractivity contribution in [2.24, 2.45) is 0 Å². The van der Waals surface area contributed by atoms with Crippen molar-refractivity contribution in [3.63, 3.8) is 0 Å². The maximum atomic E-state index is 13.7. The van der Waals surface area contributed by atoms with Gasteiger partial charge in [0.1, 0.15) is 17.6 Å². The second kappa shape index (κ2) is 9.36. The number of methoxy groups -OCH3 is 1. The highest BCUT2D eigenvalue weighted by Crippen LogP contribution is 2.36. The normalized spacial score (nSPS) is 17.3. The number of benzene rings is 3. The average Bonchev–Trinajstić information content (AvgIpc) is 3.13. The van der Waals surface area contributed by atoms with E-state index in [0.29, 0.717) is 17.0 Å². The van der Waals surface area contributed by atoms with Crippen molar-refractivity contribution in [1.29, 1.82) is 0 Å². The molecule has 0 aliphatic carbocycles. The molecule has 0 spiro atoms. The highest BCUT2D eigenvalue weighted by Gasteiger charge is 2.48. The molecule has 2 unspecified atom stereocenters. The molecule has 4 rings (SSSR count). The lowest BCUT2D eigenvalue weighted by Gasteiger charge is -2.32. The van der Waals surface area contributed by atoms with Crippen LogP contribution in [0.2, 0.25) is 0 Å². The first-order valence-electron chi connectivity index (χ1n) is 10.6. The lowest BCUT2D eigenvalue weighted by Crippen LogP contribution is -2.46.